The zero-order chi connectivity index (χ0) is 21.9. The van der Waals surface area contributed by atoms with Gasteiger partial charge in [-0.1, -0.05) is 66.7 Å². The minimum atomic E-state index is -3.97. The Bertz CT molecular complexity index is 1240. The molecular weight excluding hydrogens is 432 g/mol. The standard InChI is InChI=1S/C23H24N2O4S2/c26-30(27,24-20-14-15-20)21-12-7-13-22(17-21)31(28,29)25-23(19-10-5-2-6-11-19)16-18-8-3-1-4-9-18/h1-13,17,20,23-25H,14-16H2. The maximum atomic E-state index is 13.2. The van der Waals surface area contributed by atoms with Crippen LogP contribution in [0.25, 0.3) is 0 Å². The average molecular weight is 457 g/mol. The summed E-state index contributed by atoms with van der Waals surface area (Å²) in [5.74, 6) is 0. The summed E-state index contributed by atoms with van der Waals surface area (Å²) in [5, 5.41) is 0. The van der Waals surface area contributed by atoms with Crippen molar-refractivity contribution in [3.05, 3.63) is 96.1 Å². The maximum Gasteiger partial charge on any atom is 0.241 e. The van der Waals surface area contributed by atoms with E-state index in [9.17, 15) is 16.8 Å². The lowest BCUT2D eigenvalue weighted by Crippen LogP contribution is -2.30. The number of nitrogens with one attached hydrogen (secondary N) is 2. The predicted molar refractivity (Wildman–Crippen MR) is 119 cm³/mol. The zero-order valence-electron chi connectivity index (χ0n) is 16.8. The first-order chi connectivity index (χ1) is 14.8. The van der Waals surface area contributed by atoms with E-state index < -0.39 is 26.1 Å². The van der Waals surface area contributed by atoms with Crippen molar-refractivity contribution in [2.45, 2.75) is 41.1 Å². The van der Waals surface area contributed by atoms with Gasteiger partial charge in [0.15, 0.2) is 0 Å². The van der Waals surface area contributed by atoms with Crippen molar-refractivity contribution in [1.29, 1.82) is 0 Å². The molecule has 8 heteroatoms. The highest BCUT2D eigenvalue weighted by molar-refractivity contribution is 7.90. The molecule has 6 nitrogen and oxygen atoms in total. The van der Waals surface area contributed by atoms with Gasteiger partial charge in [-0.3, -0.25) is 0 Å². The van der Waals surface area contributed by atoms with Crippen LogP contribution in [-0.2, 0) is 26.5 Å². The van der Waals surface area contributed by atoms with Crippen LogP contribution in [-0.4, -0.2) is 22.9 Å². The minimum absolute atomic E-state index is 0.0541. The van der Waals surface area contributed by atoms with Crippen LogP contribution in [0.3, 0.4) is 0 Å². The van der Waals surface area contributed by atoms with Crippen LogP contribution in [0.5, 0.6) is 0 Å². The smallest absolute Gasteiger partial charge is 0.208 e. The van der Waals surface area contributed by atoms with E-state index in [-0.39, 0.29) is 15.8 Å². The first-order valence-corrected chi connectivity index (χ1v) is 13.0. The minimum Gasteiger partial charge on any atom is -0.208 e. The van der Waals surface area contributed by atoms with Gasteiger partial charge in [0.05, 0.1) is 15.8 Å². The lowest BCUT2D eigenvalue weighted by atomic mass is 10.00. The van der Waals surface area contributed by atoms with Crippen molar-refractivity contribution in [2.24, 2.45) is 0 Å². The number of benzene rings is 3. The molecule has 31 heavy (non-hydrogen) atoms. The van der Waals surface area contributed by atoms with Crippen molar-refractivity contribution < 1.29 is 16.8 Å². The fraction of sp³-hybridized carbons (Fsp3) is 0.217. The summed E-state index contributed by atoms with van der Waals surface area (Å²) in [6, 6.07) is 23.9. The van der Waals surface area contributed by atoms with E-state index in [1.165, 1.54) is 24.3 Å². The van der Waals surface area contributed by atoms with Gasteiger partial charge in [0.1, 0.15) is 0 Å². The molecule has 162 valence electrons. The van der Waals surface area contributed by atoms with Crippen molar-refractivity contribution >= 4 is 20.0 Å². The summed E-state index contributed by atoms with van der Waals surface area (Å²) in [5.41, 5.74) is 1.82. The molecule has 1 aliphatic rings. The topological polar surface area (TPSA) is 92.3 Å². The van der Waals surface area contributed by atoms with E-state index in [0.29, 0.717) is 6.42 Å². The molecule has 1 aliphatic carbocycles. The Morgan fingerprint density at radius 1 is 0.742 bits per heavy atom. The normalized spacial score (nSPS) is 15.5. The third-order valence-corrected chi connectivity index (χ3v) is 8.09. The summed E-state index contributed by atoms with van der Waals surface area (Å²) in [7, 11) is -7.72. The van der Waals surface area contributed by atoms with E-state index >= 15 is 0 Å². The molecule has 3 aromatic carbocycles. The lowest BCUT2D eigenvalue weighted by Gasteiger charge is -2.20. The van der Waals surface area contributed by atoms with Crippen LogP contribution in [0.1, 0.15) is 30.0 Å². The number of hydrogen-bond donors (Lipinski definition) is 2. The van der Waals surface area contributed by atoms with Crippen LogP contribution in [0.15, 0.2) is 94.7 Å². The predicted octanol–water partition coefficient (Wildman–Crippen LogP) is 3.39. The summed E-state index contributed by atoms with van der Waals surface area (Å²) in [6.07, 6.45) is 2.07. The average Bonchev–Trinajstić information content (AvgIpc) is 3.58. The highest BCUT2D eigenvalue weighted by Crippen LogP contribution is 2.25. The van der Waals surface area contributed by atoms with Gasteiger partial charge in [-0.15, -0.1) is 0 Å². The van der Waals surface area contributed by atoms with E-state index in [2.05, 4.69) is 9.44 Å². The first kappa shape index (κ1) is 21.7. The van der Waals surface area contributed by atoms with Crippen LogP contribution in [0, 0.1) is 0 Å². The molecule has 4 rings (SSSR count). The van der Waals surface area contributed by atoms with Gasteiger partial charge >= 0.3 is 0 Å². The quantitative estimate of drug-likeness (QED) is 0.516. The Morgan fingerprint density at radius 2 is 1.32 bits per heavy atom. The zero-order valence-corrected chi connectivity index (χ0v) is 18.4. The SMILES string of the molecule is O=S(=O)(NC1CC1)c1cccc(S(=O)(=O)NC(Cc2ccccc2)c2ccccc2)c1. The summed E-state index contributed by atoms with van der Waals surface area (Å²) >= 11 is 0. The van der Waals surface area contributed by atoms with Crippen LogP contribution in [0.2, 0.25) is 0 Å². The Hall–Kier alpha value is -2.52. The van der Waals surface area contributed by atoms with Crippen LogP contribution in [0.4, 0.5) is 0 Å². The Balaban J connectivity index is 1.62. The maximum absolute atomic E-state index is 13.2. The molecule has 1 fully saturated rings. The molecule has 0 amide bonds. The molecular formula is C23H24N2O4S2. The number of rotatable bonds is 9. The van der Waals surface area contributed by atoms with Gasteiger partial charge in [-0.05, 0) is 48.6 Å². The first-order valence-electron chi connectivity index (χ1n) is 10.1. The number of hydrogen-bond acceptors (Lipinski definition) is 4. The van der Waals surface area contributed by atoms with E-state index in [1.54, 1.807) is 0 Å². The fourth-order valence-corrected chi connectivity index (χ4v) is 6.01. The van der Waals surface area contributed by atoms with Crippen molar-refractivity contribution in [3.8, 4) is 0 Å². The van der Waals surface area contributed by atoms with Gasteiger partial charge in [0.25, 0.3) is 0 Å². The van der Waals surface area contributed by atoms with Gasteiger partial charge < -0.3 is 0 Å². The summed E-state index contributed by atoms with van der Waals surface area (Å²) in [6.45, 7) is 0. The van der Waals surface area contributed by atoms with Gasteiger partial charge in [0, 0.05) is 6.04 Å². The summed E-state index contributed by atoms with van der Waals surface area (Å²) in [4.78, 5) is -0.137. The number of sulfonamides is 2. The van der Waals surface area contributed by atoms with E-state index in [1.807, 2.05) is 60.7 Å². The van der Waals surface area contributed by atoms with E-state index in [4.69, 9.17) is 0 Å². The van der Waals surface area contributed by atoms with Gasteiger partial charge in [-0.25, -0.2) is 26.3 Å². The molecule has 0 radical (unpaired) electrons. The van der Waals surface area contributed by atoms with Crippen molar-refractivity contribution in [2.75, 3.05) is 0 Å². The molecule has 1 saturated carbocycles. The molecule has 0 bridgehead atoms. The third-order valence-electron chi connectivity index (χ3n) is 5.11. The van der Waals surface area contributed by atoms with Gasteiger partial charge in [0.2, 0.25) is 20.0 Å². The highest BCUT2D eigenvalue weighted by atomic mass is 32.2. The monoisotopic (exact) mass is 456 g/mol. The second-order valence-corrected chi connectivity index (χ2v) is 11.1. The second-order valence-electron chi connectivity index (χ2n) is 7.64. The molecule has 0 heterocycles. The van der Waals surface area contributed by atoms with E-state index in [0.717, 1.165) is 24.0 Å². The Labute approximate surface area is 183 Å². The lowest BCUT2D eigenvalue weighted by molar-refractivity contribution is 0.554. The molecule has 0 saturated heterocycles. The third kappa shape index (κ3) is 5.59. The highest BCUT2D eigenvalue weighted by Gasteiger charge is 2.29. The van der Waals surface area contributed by atoms with Gasteiger partial charge in [-0.2, -0.15) is 0 Å². The molecule has 3 aromatic rings. The molecule has 1 unspecified atom stereocenters. The molecule has 0 aliphatic heterocycles. The Kier molecular flexibility index (Phi) is 6.24. The molecule has 0 spiro atoms. The van der Waals surface area contributed by atoms with Crippen LogP contribution < -0.4 is 9.44 Å². The van der Waals surface area contributed by atoms with Crippen LogP contribution >= 0.6 is 0 Å². The summed E-state index contributed by atoms with van der Waals surface area (Å²) < 4.78 is 56.8. The molecule has 0 aromatic heterocycles. The molecule has 1 atom stereocenters. The fourth-order valence-electron chi connectivity index (χ4n) is 3.32. The Morgan fingerprint density at radius 3 is 1.94 bits per heavy atom. The second kappa shape index (κ2) is 8.92. The van der Waals surface area contributed by atoms with Crippen molar-refractivity contribution in [3.63, 3.8) is 0 Å². The van der Waals surface area contributed by atoms with Crippen molar-refractivity contribution in [1.82, 2.24) is 9.44 Å². The molecule has 2 N–H and O–H groups in total. The largest absolute Gasteiger partial charge is 0.241 e.